The van der Waals surface area contributed by atoms with Gasteiger partial charge in [0.2, 0.25) is 0 Å². The fraction of sp³-hybridized carbons (Fsp3) is 0.240. The number of carboxylic acids is 1. The van der Waals surface area contributed by atoms with Gasteiger partial charge in [0, 0.05) is 48.6 Å². The number of aliphatic hydroxyl groups is 1. The summed E-state index contributed by atoms with van der Waals surface area (Å²) in [6.07, 6.45) is 7.65. The van der Waals surface area contributed by atoms with Crippen molar-refractivity contribution < 1.29 is 19.8 Å². The summed E-state index contributed by atoms with van der Waals surface area (Å²) in [5, 5.41) is 20.0. The van der Waals surface area contributed by atoms with Gasteiger partial charge in [-0.15, -0.1) is 0 Å². The van der Waals surface area contributed by atoms with Gasteiger partial charge in [-0.25, -0.2) is 9.78 Å². The fourth-order valence-corrected chi connectivity index (χ4v) is 5.13. The summed E-state index contributed by atoms with van der Waals surface area (Å²) in [6.45, 7) is -0.211. The van der Waals surface area contributed by atoms with Gasteiger partial charge in [-0.05, 0) is 23.8 Å². The van der Waals surface area contributed by atoms with E-state index in [9.17, 15) is 24.6 Å². The Morgan fingerprint density at radius 1 is 1.09 bits per heavy atom. The van der Waals surface area contributed by atoms with Crippen molar-refractivity contribution >= 4 is 24.0 Å². The standard InChI is InChI=1S/C25H22N4O5/c30-14-18-17-13-28-20(9-8-16(23(28)31)7-6-15-4-2-1-3-5-15)21(17)29(22(18)25(33)34)24(32)19-12-26-10-11-27-19/h1-12,17-18,21-22,30H,13-14H2,(H,33,34)/b7-6+/t17-,18-,21+,22-/m1/s1. The molecule has 5 rings (SSSR count). The molecule has 2 N–H and O–H groups in total. The van der Waals surface area contributed by atoms with E-state index in [1.54, 1.807) is 22.8 Å². The number of rotatable bonds is 5. The highest BCUT2D eigenvalue weighted by Gasteiger charge is 2.57. The Kier molecular flexibility index (Phi) is 5.54. The van der Waals surface area contributed by atoms with E-state index in [2.05, 4.69) is 9.97 Å². The number of carbonyl (C=O) groups is 2. The summed E-state index contributed by atoms with van der Waals surface area (Å²) in [6, 6.07) is 11.1. The number of likely N-dealkylation sites (tertiary alicyclic amines) is 1. The van der Waals surface area contributed by atoms with Crippen molar-refractivity contribution in [2.45, 2.75) is 18.6 Å². The maximum absolute atomic E-state index is 13.4. The molecule has 1 saturated heterocycles. The molecule has 34 heavy (non-hydrogen) atoms. The van der Waals surface area contributed by atoms with Crippen LogP contribution in [0, 0.1) is 11.8 Å². The second-order valence-corrected chi connectivity index (χ2v) is 8.41. The molecule has 0 aliphatic carbocycles. The number of aromatic nitrogens is 3. The lowest BCUT2D eigenvalue weighted by Gasteiger charge is -2.28. The average Bonchev–Trinajstić information content (AvgIpc) is 3.39. The van der Waals surface area contributed by atoms with E-state index in [4.69, 9.17) is 0 Å². The van der Waals surface area contributed by atoms with Crippen molar-refractivity contribution in [1.82, 2.24) is 19.4 Å². The SMILES string of the molecule is O=C(O)[C@H]1[C@H](CO)[C@H]2Cn3c(ccc(/C=C/c4ccccc4)c3=O)[C@H]2N1C(=O)c1cnccn1. The normalized spacial score (nSPS) is 23.1. The Morgan fingerprint density at radius 2 is 1.88 bits per heavy atom. The van der Waals surface area contributed by atoms with E-state index in [0.717, 1.165) is 5.56 Å². The van der Waals surface area contributed by atoms with Crippen molar-refractivity contribution in [2.24, 2.45) is 11.8 Å². The Hall–Kier alpha value is -4.11. The van der Waals surface area contributed by atoms with Gasteiger partial charge in [0.25, 0.3) is 11.5 Å². The van der Waals surface area contributed by atoms with Gasteiger partial charge in [0.1, 0.15) is 11.7 Å². The summed E-state index contributed by atoms with van der Waals surface area (Å²) in [5.41, 5.74) is 1.76. The van der Waals surface area contributed by atoms with Crippen LogP contribution in [-0.2, 0) is 11.3 Å². The number of carbonyl (C=O) groups excluding carboxylic acids is 1. The Labute approximate surface area is 194 Å². The highest BCUT2D eigenvalue weighted by molar-refractivity contribution is 5.95. The lowest BCUT2D eigenvalue weighted by molar-refractivity contribution is -0.143. The van der Waals surface area contributed by atoms with Crippen LogP contribution in [-0.4, -0.2) is 54.2 Å². The number of amides is 1. The molecule has 0 unspecified atom stereocenters. The molecule has 1 aromatic carbocycles. The summed E-state index contributed by atoms with van der Waals surface area (Å²) in [5.74, 6) is -2.96. The first kappa shape index (κ1) is 21.7. The van der Waals surface area contributed by atoms with Crippen LogP contribution in [0.4, 0.5) is 0 Å². The number of aliphatic carboxylic acids is 1. The maximum atomic E-state index is 13.4. The number of hydrogen-bond donors (Lipinski definition) is 2. The van der Waals surface area contributed by atoms with E-state index in [1.807, 2.05) is 36.4 Å². The number of aliphatic hydroxyl groups excluding tert-OH is 1. The number of pyridine rings is 1. The zero-order valence-corrected chi connectivity index (χ0v) is 18.1. The Morgan fingerprint density at radius 3 is 2.56 bits per heavy atom. The average molecular weight is 458 g/mol. The molecular formula is C25H22N4O5. The second-order valence-electron chi connectivity index (χ2n) is 8.41. The van der Waals surface area contributed by atoms with Crippen LogP contribution in [0.25, 0.3) is 12.2 Å². The molecular weight excluding hydrogens is 436 g/mol. The van der Waals surface area contributed by atoms with Crippen LogP contribution in [0.15, 0.2) is 65.8 Å². The third-order valence-corrected chi connectivity index (χ3v) is 6.63. The number of nitrogens with zero attached hydrogens (tertiary/aromatic N) is 4. The predicted molar refractivity (Wildman–Crippen MR) is 123 cm³/mol. The van der Waals surface area contributed by atoms with Gasteiger partial charge in [-0.2, -0.15) is 0 Å². The van der Waals surface area contributed by atoms with Gasteiger partial charge < -0.3 is 19.7 Å². The molecule has 2 aromatic heterocycles. The van der Waals surface area contributed by atoms with E-state index < -0.39 is 42.4 Å². The molecule has 2 aliphatic heterocycles. The van der Waals surface area contributed by atoms with Crippen LogP contribution in [0.2, 0.25) is 0 Å². The minimum Gasteiger partial charge on any atom is -0.480 e. The van der Waals surface area contributed by atoms with Crippen LogP contribution in [0.3, 0.4) is 0 Å². The molecule has 172 valence electrons. The number of hydrogen-bond acceptors (Lipinski definition) is 6. The first-order valence-corrected chi connectivity index (χ1v) is 10.9. The zero-order valence-electron chi connectivity index (χ0n) is 18.1. The topological polar surface area (TPSA) is 126 Å². The highest BCUT2D eigenvalue weighted by atomic mass is 16.4. The lowest BCUT2D eigenvalue weighted by Crippen LogP contribution is -2.46. The summed E-state index contributed by atoms with van der Waals surface area (Å²) >= 11 is 0. The molecule has 1 fully saturated rings. The van der Waals surface area contributed by atoms with Crippen molar-refractivity contribution in [3.8, 4) is 0 Å². The van der Waals surface area contributed by atoms with Crippen molar-refractivity contribution in [3.63, 3.8) is 0 Å². The minimum absolute atomic E-state index is 0.00861. The van der Waals surface area contributed by atoms with Crippen LogP contribution in [0.1, 0.15) is 33.4 Å². The molecule has 1 amide bonds. The van der Waals surface area contributed by atoms with Gasteiger partial charge in [0.15, 0.2) is 0 Å². The minimum atomic E-state index is -1.24. The van der Waals surface area contributed by atoms with E-state index in [1.165, 1.54) is 23.5 Å². The van der Waals surface area contributed by atoms with Crippen molar-refractivity contribution in [3.05, 3.63) is 93.9 Å². The molecule has 3 aromatic rings. The van der Waals surface area contributed by atoms with Gasteiger partial charge >= 0.3 is 5.97 Å². The zero-order chi connectivity index (χ0) is 23.8. The number of fused-ring (bicyclic) bond motifs is 3. The van der Waals surface area contributed by atoms with E-state index in [0.29, 0.717) is 11.3 Å². The first-order valence-electron chi connectivity index (χ1n) is 10.9. The van der Waals surface area contributed by atoms with E-state index >= 15 is 0 Å². The lowest BCUT2D eigenvalue weighted by atomic mass is 9.88. The Balaban J connectivity index is 1.57. The summed E-state index contributed by atoms with van der Waals surface area (Å²) in [4.78, 5) is 48.0. The Bertz CT molecular complexity index is 1320. The molecule has 4 atom stereocenters. The van der Waals surface area contributed by atoms with Gasteiger partial charge in [-0.3, -0.25) is 14.6 Å². The predicted octanol–water partition coefficient (Wildman–Crippen LogP) is 1.70. The molecule has 0 saturated carbocycles. The summed E-state index contributed by atoms with van der Waals surface area (Å²) in [7, 11) is 0. The third kappa shape index (κ3) is 3.50. The van der Waals surface area contributed by atoms with Crippen LogP contribution in [0.5, 0.6) is 0 Å². The van der Waals surface area contributed by atoms with E-state index in [-0.39, 0.29) is 17.8 Å². The second kappa shape index (κ2) is 8.68. The van der Waals surface area contributed by atoms with Gasteiger partial charge in [-0.1, -0.05) is 36.4 Å². The molecule has 0 radical (unpaired) electrons. The quantitative estimate of drug-likeness (QED) is 0.596. The van der Waals surface area contributed by atoms with Crippen LogP contribution < -0.4 is 5.56 Å². The first-order chi connectivity index (χ1) is 16.5. The highest BCUT2D eigenvalue weighted by Crippen LogP contribution is 2.49. The van der Waals surface area contributed by atoms with Crippen LogP contribution >= 0.6 is 0 Å². The number of carboxylic acid groups (broad SMARTS) is 1. The molecule has 9 nitrogen and oxygen atoms in total. The van der Waals surface area contributed by atoms with Crippen molar-refractivity contribution in [1.29, 1.82) is 0 Å². The molecule has 2 aliphatic rings. The van der Waals surface area contributed by atoms with Crippen molar-refractivity contribution in [2.75, 3.05) is 6.61 Å². The molecule has 0 spiro atoms. The molecule has 9 heteroatoms. The number of benzene rings is 1. The van der Waals surface area contributed by atoms with Gasteiger partial charge in [0.05, 0.1) is 12.2 Å². The molecule has 0 bridgehead atoms. The summed E-state index contributed by atoms with van der Waals surface area (Å²) < 4.78 is 1.58. The maximum Gasteiger partial charge on any atom is 0.326 e. The monoisotopic (exact) mass is 458 g/mol. The fourth-order valence-electron chi connectivity index (χ4n) is 5.13. The largest absolute Gasteiger partial charge is 0.480 e. The third-order valence-electron chi connectivity index (χ3n) is 6.63. The smallest absolute Gasteiger partial charge is 0.326 e. The molecule has 4 heterocycles.